The van der Waals surface area contributed by atoms with Crippen molar-refractivity contribution in [1.29, 1.82) is 0 Å². The zero-order chi connectivity index (χ0) is 22.9. The third-order valence-corrected chi connectivity index (χ3v) is 5.37. The zero-order valence-electron chi connectivity index (χ0n) is 18.2. The third-order valence-electron chi connectivity index (χ3n) is 5.37. The lowest BCUT2D eigenvalue weighted by atomic mass is 10.2. The molecular formula is C22H22FN9O. The van der Waals surface area contributed by atoms with Crippen LogP contribution in [0.1, 0.15) is 26.3 Å². The summed E-state index contributed by atoms with van der Waals surface area (Å²) >= 11 is 0. The lowest BCUT2D eigenvalue weighted by Crippen LogP contribution is -2.46. The van der Waals surface area contributed by atoms with Crippen LogP contribution in [0.4, 0.5) is 26.6 Å². The number of aromatic nitrogens is 6. The van der Waals surface area contributed by atoms with Crippen LogP contribution >= 0.6 is 0 Å². The van der Waals surface area contributed by atoms with Gasteiger partial charge in [0.25, 0.3) is 0 Å². The molecule has 2 amide bonds. The Morgan fingerprint density at radius 1 is 1.12 bits per heavy atom. The van der Waals surface area contributed by atoms with Crippen molar-refractivity contribution in [2.24, 2.45) is 0 Å². The quantitative estimate of drug-likeness (QED) is 0.449. The molecule has 5 heterocycles. The van der Waals surface area contributed by atoms with Crippen LogP contribution in [-0.2, 0) is 0 Å². The molecule has 4 aromatic heterocycles. The number of hydrogen-bond acceptors (Lipinski definition) is 7. The number of halogens is 1. The van der Waals surface area contributed by atoms with Gasteiger partial charge in [0.2, 0.25) is 11.9 Å². The molecule has 10 nitrogen and oxygen atoms in total. The van der Waals surface area contributed by atoms with Gasteiger partial charge in [-0.2, -0.15) is 4.39 Å². The largest absolute Gasteiger partial charge is 0.338 e. The number of rotatable bonds is 5. The minimum atomic E-state index is -0.644. The fourth-order valence-corrected chi connectivity index (χ4v) is 3.71. The molecule has 0 saturated carbocycles. The van der Waals surface area contributed by atoms with Crippen molar-refractivity contribution in [2.45, 2.75) is 26.3 Å². The van der Waals surface area contributed by atoms with Gasteiger partial charge in [-0.1, -0.05) is 0 Å². The molecule has 1 aliphatic rings. The summed E-state index contributed by atoms with van der Waals surface area (Å²) in [6.45, 7) is 5.33. The number of hydrogen-bond donors (Lipinski definition) is 2. The van der Waals surface area contributed by atoms with Crippen LogP contribution in [-0.4, -0.2) is 48.6 Å². The van der Waals surface area contributed by atoms with Crippen molar-refractivity contribution in [2.75, 3.05) is 23.3 Å². The maximum atomic E-state index is 14.6. The minimum absolute atomic E-state index is 0.123. The molecule has 4 aromatic rings. The summed E-state index contributed by atoms with van der Waals surface area (Å²) in [4.78, 5) is 34.9. The van der Waals surface area contributed by atoms with Gasteiger partial charge in [-0.05, 0) is 44.5 Å². The summed E-state index contributed by atoms with van der Waals surface area (Å²) in [6, 6.07) is 6.99. The van der Waals surface area contributed by atoms with Crippen LogP contribution in [0.25, 0.3) is 22.4 Å². The van der Waals surface area contributed by atoms with E-state index < -0.39 is 5.95 Å². The first-order valence-corrected chi connectivity index (χ1v) is 10.6. The smallest absolute Gasteiger partial charge is 0.321 e. The highest BCUT2D eigenvalue weighted by Gasteiger charge is 2.19. The molecule has 33 heavy (non-hydrogen) atoms. The van der Waals surface area contributed by atoms with E-state index in [-0.39, 0.29) is 17.6 Å². The third kappa shape index (κ3) is 4.04. The first-order chi connectivity index (χ1) is 16.0. The Morgan fingerprint density at radius 3 is 2.76 bits per heavy atom. The molecule has 0 spiro atoms. The highest BCUT2D eigenvalue weighted by molar-refractivity contribution is 5.92. The van der Waals surface area contributed by atoms with E-state index in [0.717, 1.165) is 6.42 Å². The van der Waals surface area contributed by atoms with Crippen LogP contribution in [0.3, 0.4) is 0 Å². The van der Waals surface area contributed by atoms with Gasteiger partial charge in [0.05, 0.1) is 35.1 Å². The van der Waals surface area contributed by atoms with Gasteiger partial charge in [-0.3, -0.25) is 4.90 Å². The maximum absolute atomic E-state index is 14.6. The van der Waals surface area contributed by atoms with Crippen LogP contribution in [0, 0.1) is 5.95 Å². The predicted octanol–water partition coefficient (Wildman–Crippen LogP) is 3.67. The Labute approximate surface area is 188 Å². The first-order valence-electron chi connectivity index (χ1n) is 10.6. The summed E-state index contributed by atoms with van der Waals surface area (Å²) < 4.78 is 16.5. The number of anilines is 3. The normalized spacial score (nSPS) is 14.1. The molecule has 1 fully saturated rings. The van der Waals surface area contributed by atoms with Gasteiger partial charge in [0, 0.05) is 25.3 Å². The van der Waals surface area contributed by atoms with E-state index in [0.29, 0.717) is 47.4 Å². The summed E-state index contributed by atoms with van der Waals surface area (Å²) in [7, 11) is 0. The fourth-order valence-electron chi connectivity index (χ4n) is 3.71. The van der Waals surface area contributed by atoms with Crippen molar-refractivity contribution in [3.05, 3.63) is 48.9 Å². The lowest BCUT2D eigenvalue weighted by molar-refractivity contribution is 0.243. The first kappa shape index (κ1) is 20.7. The van der Waals surface area contributed by atoms with Crippen LogP contribution in [0.5, 0.6) is 0 Å². The van der Waals surface area contributed by atoms with Gasteiger partial charge in [-0.25, -0.2) is 29.7 Å². The molecule has 0 aromatic carbocycles. The molecule has 11 heteroatoms. The molecule has 168 valence electrons. The molecule has 5 rings (SSSR count). The zero-order valence-corrected chi connectivity index (χ0v) is 18.2. The highest BCUT2D eigenvalue weighted by atomic mass is 19.1. The number of amides is 2. The van der Waals surface area contributed by atoms with Gasteiger partial charge in [-0.15, -0.1) is 0 Å². The summed E-state index contributed by atoms with van der Waals surface area (Å²) in [5, 5.41) is 5.86. The van der Waals surface area contributed by atoms with Crippen molar-refractivity contribution < 1.29 is 9.18 Å². The fraction of sp³-hybridized carbons (Fsp3) is 0.273. The number of pyridine rings is 2. The second-order valence-corrected chi connectivity index (χ2v) is 7.94. The maximum Gasteiger partial charge on any atom is 0.321 e. The van der Waals surface area contributed by atoms with E-state index in [1.54, 1.807) is 41.8 Å². The highest BCUT2D eigenvalue weighted by Crippen LogP contribution is 2.25. The minimum Gasteiger partial charge on any atom is -0.338 e. The van der Waals surface area contributed by atoms with Gasteiger partial charge >= 0.3 is 6.03 Å². The van der Waals surface area contributed by atoms with E-state index in [9.17, 15) is 9.18 Å². The number of urea groups is 1. The Kier molecular flexibility index (Phi) is 5.29. The Hall–Kier alpha value is -4.15. The van der Waals surface area contributed by atoms with Crippen LogP contribution < -0.4 is 15.5 Å². The van der Waals surface area contributed by atoms with E-state index in [1.807, 2.05) is 24.5 Å². The van der Waals surface area contributed by atoms with E-state index >= 15 is 0 Å². The number of carbonyl (C=O) groups excluding carboxylic acids is 1. The lowest BCUT2D eigenvalue weighted by Gasteiger charge is -2.27. The van der Waals surface area contributed by atoms with Gasteiger partial charge < -0.3 is 15.2 Å². The SMILES string of the molecule is CC(C)n1cnc2c(F)nc(-c3ccnc(Nc4ccc(N5CCCNC5=O)cn4)n3)cc21. The Bertz CT molecular complexity index is 1320. The van der Waals surface area contributed by atoms with Crippen molar-refractivity contribution in [1.82, 2.24) is 34.8 Å². The Morgan fingerprint density at radius 2 is 2.00 bits per heavy atom. The average Bonchev–Trinajstić information content (AvgIpc) is 3.25. The van der Waals surface area contributed by atoms with Crippen molar-refractivity contribution in [3.8, 4) is 11.4 Å². The molecule has 0 aliphatic carbocycles. The molecule has 2 N–H and O–H groups in total. The summed E-state index contributed by atoms with van der Waals surface area (Å²) in [5.41, 5.74) is 2.44. The molecule has 0 unspecified atom stereocenters. The number of imidazole rings is 1. The van der Waals surface area contributed by atoms with Gasteiger partial charge in [0.15, 0.2) is 0 Å². The Balaban J connectivity index is 1.40. The molecule has 1 aliphatic heterocycles. The number of carbonyl (C=O) groups is 1. The van der Waals surface area contributed by atoms with Crippen molar-refractivity contribution in [3.63, 3.8) is 0 Å². The van der Waals surface area contributed by atoms with Crippen molar-refractivity contribution >= 4 is 34.5 Å². The summed E-state index contributed by atoms with van der Waals surface area (Å²) in [5.74, 6) is 0.165. The molecule has 0 bridgehead atoms. The predicted molar refractivity (Wildman–Crippen MR) is 122 cm³/mol. The second kappa shape index (κ2) is 8.41. The average molecular weight is 447 g/mol. The second-order valence-electron chi connectivity index (χ2n) is 7.94. The topological polar surface area (TPSA) is 114 Å². The number of fused-ring (bicyclic) bond motifs is 1. The van der Waals surface area contributed by atoms with Gasteiger partial charge in [0.1, 0.15) is 11.3 Å². The standard InChI is InChI=1S/C22H22FN9O/c1-13(2)32-12-27-19-17(32)10-16(28-20(19)23)15-6-8-24-21(29-15)30-18-5-4-14(11-26-18)31-9-3-7-25-22(31)33/h4-6,8,10-13H,3,7,9H2,1-2H3,(H,25,33)(H,24,26,29,30). The monoisotopic (exact) mass is 447 g/mol. The molecular weight excluding hydrogens is 425 g/mol. The van der Waals surface area contributed by atoms with E-state index in [4.69, 9.17) is 0 Å². The molecule has 0 atom stereocenters. The van der Waals surface area contributed by atoms with Crippen LogP contribution in [0.2, 0.25) is 0 Å². The summed E-state index contributed by atoms with van der Waals surface area (Å²) in [6.07, 6.45) is 5.68. The number of nitrogens with one attached hydrogen (secondary N) is 2. The number of nitrogens with zero attached hydrogens (tertiary/aromatic N) is 7. The molecule has 0 radical (unpaired) electrons. The molecule has 1 saturated heterocycles. The van der Waals surface area contributed by atoms with Crippen LogP contribution in [0.15, 0.2) is 43.0 Å². The van der Waals surface area contributed by atoms with E-state index in [2.05, 4.69) is 35.6 Å². The van der Waals surface area contributed by atoms with E-state index in [1.165, 1.54) is 0 Å².